The number of hydrogen-bond acceptors (Lipinski definition) is 4. The number of ether oxygens (including phenoxy) is 1. The average molecular weight is 261 g/mol. The molecule has 6 heteroatoms. The molecule has 1 aromatic rings. The zero-order chi connectivity index (χ0) is 12.3. The molecule has 0 spiro atoms. The Kier molecular flexibility index (Phi) is 3.73. The van der Waals surface area contributed by atoms with Crippen LogP contribution in [0.25, 0.3) is 0 Å². The van der Waals surface area contributed by atoms with E-state index in [4.69, 9.17) is 0 Å². The van der Waals surface area contributed by atoms with Crippen LogP contribution in [0.2, 0.25) is 0 Å². The molecule has 0 amide bonds. The van der Waals surface area contributed by atoms with E-state index in [1.807, 2.05) is 17.5 Å². The molecule has 94 valence electrons. The average Bonchev–Trinajstić information content (AvgIpc) is 2.83. The molecule has 0 aromatic carbocycles. The maximum absolute atomic E-state index is 12.8. The molecule has 17 heavy (non-hydrogen) atoms. The highest BCUT2D eigenvalue weighted by Gasteiger charge is 2.50. The van der Waals surface area contributed by atoms with E-state index in [2.05, 4.69) is 10.1 Å². The van der Waals surface area contributed by atoms with Gasteiger partial charge in [0.15, 0.2) is 0 Å². The molecular formula is C11H13F2NO2S. The van der Waals surface area contributed by atoms with Crippen molar-refractivity contribution in [3.05, 3.63) is 22.4 Å². The van der Waals surface area contributed by atoms with Crippen LogP contribution in [0.3, 0.4) is 0 Å². The van der Waals surface area contributed by atoms with Gasteiger partial charge in [-0.25, -0.2) is 4.79 Å². The van der Waals surface area contributed by atoms with Gasteiger partial charge in [-0.15, -0.1) is 11.3 Å². The van der Waals surface area contributed by atoms with Gasteiger partial charge in [0.1, 0.15) is 6.10 Å². The van der Waals surface area contributed by atoms with Gasteiger partial charge in [0, 0.05) is 18.0 Å². The Morgan fingerprint density at radius 3 is 3.00 bits per heavy atom. The van der Waals surface area contributed by atoms with Crippen LogP contribution in [0.15, 0.2) is 17.5 Å². The largest absolute Gasteiger partial charge is 0.456 e. The number of rotatable bonds is 5. The maximum atomic E-state index is 12.8. The third kappa shape index (κ3) is 3.23. The Morgan fingerprint density at radius 1 is 1.59 bits per heavy atom. The predicted molar refractivity (Wildman–Crippen MR) is 60.3 cm³/mol. The predicted octanol–water partition coefficient (Wildman–Crippen LogP) is 1.83. The van der Waals surface area contributed by atoms with Crippen LogP contribution in [-0.2, 0) is 16.0 Å². The summed E-state index contributed by atoms with van der Waals surface area (Å²) >= 11 is 1.66. The molecule has 0 aliphatic carbocycles. The summed E-state index contributed by atoms with van der Waals surface area (Å²) in [4.78, 5) is 12.0. The Balaban J connectivity index is 1.65. The molecule has 1 unspecified atom stereocenters. The van der Waals surface area contributed by atoms with E-state index in [-0.39, 0.29) is 6.54 Å². The molecule has 2 rings (SSSR count). The van der Waals surface area contributed by atoms with Crippen molar-refractivity contribution in [1.82, 2.24) is 5.32 Å². The highest BCUT2D eigenvalue weighted by Crippen LogP contribution is 2.30. The Labute approximate surface area is 102 Å². The molecule has 1 aromatic heterocycles. The highest BCUT2D eigenvalue weighted by atomic mass is 32.1. The van der Waals surface area contributed by atoms with Crippen molar-refractivity contribution < 1.29 is 18.3 Å². The van der Waals surface area contributed by atoms with Crippen molar-refractivity contribution in [2.24, 2.45) is 0 Å². The van der Waals surface area contributed by atoms with Gasteiger partial charge in [0.05, 0.1) is 6.42 Å². The van der Waals surface area contributed by atoms with Crippen molar-refractivity contribution in [2.75, 3.05) is 13.1 Å². The summed E-state index contributed by atoms with van der Waals surface area (Å²) in [7, 11) is 0. The standard InChI is InChI=1S/C11H13F2NO2S/c12-11(13)6-8(16-10(11)15)7-14-4-3-9-2-1-5-17-9/h1-2,5,8,14H,3-4,6-7H2. The summed E-state index contributed by atoms with van der Waals surface area (Å²) in [6, 6.07) is 4.00. The van der Waals surface area contributed by atoms with Crippen molar-refractivity contribution in [1.29, 1.82) is 0 Å². The maximum Gasteiger partial charge on any atom is 0.377 e. The number of hydrogen-bond donors (Lipinski definition) is 1. The van der Waals surface area contributed by atoms with Crippen LogP contribution in [0.4, 0.5) is 8.78 Å². The van der Waals surface area contributed by atoms with E-state index < -0.39 is 24.4 Å². The molecule has 0 bridgehead atoms. The minimum absolute atomic E-state index is 0.284. The van der Waals surface area contributed by atoms with Gasteiger partial charge in [-0.1, -0.05) is 6.07 Å². The van der Waals surface area contributed by atoms with Crippen molar-refractivity contribution >= 4 is 17.3 Å². The summed E-state index contributed by atoms with van der Waals surface area (Å²) in [5, 5.41) is 5.01. The molecule has 1 saturated heterocycles. The van der Waals surface area contributed by atoms with Gasteiger partial charge in [0.2, 0.25) is 0 Å². The van der Waals surface area contributed by atoms with Crippen LogP contribution < -0.4 is 5.32 Å². The zero-order valence-electron chi connectivity index (χ0n) is 9.12. The van der Waals surface area contributed by atoms with Crippen LogP contribution in [-0.4, -0.2) is 31.1 Å². The number of alkyl halides is 2. The van der Waals surface area contributed by atoms with Crippen molar-refractivity contribution in [3.8, 4) is 0 Å². The van der Waals surface area contributed by atoms with Gasteiger partial charge in [0.25, 0.3) is 0 Å². The van der Waals surface area contributed by atoms with Gasteiger partial charge in [-0.3, -0.25) is 0 Å². The van der Waals surface area contributed by atoms with Crippen molar-refractivity contribution in [3.63, 3.8) is 0 Å². The summed E-state index contributed by atoms with van der Waals surface area (Å²) in [5.74, 6) is -4.71. The summed E-state index contributed by atoms with van der Waals surface area (Å²) < 4.78 is 30.2. The first-order valence-corrected chi connectivity index (χ1v) is 6.28. The quantitative estimate of drug-likeness (QED) is 0.649. The molecule has 1 atom stereocenters. The first-order chi connectivity index (χ1) is 8.08. The smallest absolute Gasteiger partial charge is 0.377 e. The summed E-state index contributed by atoms with van der Waals surface area (Å²) in [6.07, 6.45) is -0.368. The molecule has 0 radical (unpaired) electrons. The van der Waals surface area contributed by atoms with E-state index in [0.29, 0.717) is 6.54 Å². The molecule has 3 nitrogen and oxygen atoms in total. The topological polar surface area (TPSA) is 38.3 Å². The molecule has 1 fully saturated rings. The Morgan fingerprint density at radius 2 is 2.41 bits per heavy atom. The van der Waals surface area contributed by atoms with Gasteiger partial charge < -0.3 is 10.1 Å². The SMILES string of the molecule is O=C1OC(CNCCc2cccs2)CC1(F)F. The number of nitrogens with one attached hydrogen (secondary N) is 1. The lowest BCUT2D eigenvalue weighted by atomic mass is 10.2. The number of thiophene rings is 1. The molecule has 1 N–H and O–H groups in total. The van der Waals surface area contributed by atoms with Crippen LogP contribution in [0, 0.1) is 0 Å². The third-order valence-corrected chi connectivity index (χ3v) is 3.49. The lowest BCUT2D eigenvalue weighted by Gasteiger charge is -2.09. The van der Waals surface area contributed by atoms with Crippen molar-refractivity contribution in [2.45, 2.75) is 24.9 Å². The first-order valence-electron chi connectivity index (χ1n) is 5.40. The Hall–Kier alpha value is -1.01. The molecular weight excluding hydrogens is 248 g/mol. The number of esters is 1. The first kappa shape index (κ1) is 12.4. The zero-order valence-corrected chi connectivity index (χ0v) is 9.93. The third-order valence-electron chi connectivity index (χ3n) is 2.56. The monoisotopic (exact) mass is 261 g/mol. The summed E-state index contributed by atoms with van der Waals surface area (Å²) in [5.41, 5.74) is 0. The van der Waals surface area contributed by atoms with E-state index in [0.717, 1.165) is 6.42 Å². The number of carbonyl (C=O) groups is 1. The second-order valence-electron chi connectivity index (χ2n) is 3.97. The second-order valence-corrected chi connectivity index (χ2v) is 5.00. The normalized spacial score (nSPS) is 22.7. The lowest BCUT2D eigenvalue weighted by molar-refractivity contribution is -0.158. The van der Waals surface area contributed by atoms with Gasteiger partial charge in [-0.05, 0) is 17.9 Å². The van der Waals surface area contributed by atoms with Crippen LogP contribution in [0.5, 0.6) is 0 Å². The lowest BCUT2D eigenvalue weighted by Crippen LogP contribution is -2.28. The van der Waals surface area contributed by atoms with E-state index in [1.54, 1.807) is 11.3 Å². The molecule has 0 saturated carbocycles. The van der Waals surface area contributed by atoms with Gasteiger partial charge >= 0.3 is 11.9 Å². The fourth-order valence-corrected chi connectivity index (χ4v) is 2.40. The van der Waals surface area contributed by atoms with E-state index in [1.165, 1.54) is 4.88 Å². The van der Waals surface area contributed by atoms with Gasteiger partial charge in [-0.2, -0.15) is 8.78 Å². The Bertz CT molecular complexity index is 381. The molecule has 1 aliphatic rings. The number of halogens is 2. The minimum atomic E-state index is -3.31. The summed E-state index contributed by atoms with van der Waals surface area (Å²) in [6.45, 7) is 0.979. The minimum Gasteiger partial charge on any atom is -0.456 e. The fourth-order valence-electron chi connectivity index (χ4n) is 1.69. The van der Waals surface area contributed by atoms with Crippen LogP contribution in [0.1, 0.15) is 11.3 Å². The molecule has 1 aliphatic heterocycles. The second kappa shape index (κ2) is 5.10. The fraction of sp³-hybridized carbons (Fsp3) is 0.545. The highest BCUT2D eigenvalue weighted by molar-refractivity contribution is 7.09. The number of carbonyl (C=O) groups excluding carboxylic acids is 1. The van der Waals surface area contributed by atoms with Crippen LogP contribution >= 0.6 is 11.3 Å². The molecule has 2 heterocycles. The van der Waals surface area contributed by atoms with E-state index in [9.17, 15) is 13.6 Å². The number of cyclic esters (lactones) is 1. The van der Waals surface area contributed by atoms with E-state index >= 15 is 0 Å².